The maximum atomic E-state index is 13.4. The first kappa shape index (κ1) is 34.3. The molecule has 1 aromatic carbocycles. The summed E-state index contributed by atoms with van der Waals surface area (Å²) in [5, 5.41) is 10.8. The molecule has 3 N–H and O–H groups in total. The number of hydrogen-bond donors (Lipinski definition) is 3. The van der Waals surface area contributed by atoms with Crippen molar-refractivity contribution < 1.29 is 39.9 Å². The van der Waals surface area contributed by atoms with Gasteiger partial charge in [-0.15, -0.1) is 0 Å². The number of nitrogens with one attached hydrogen (secondary N) is 2. The van der Waals surface area contributed by atoms with Crippen LogP contribution in [0.15, 0.2) is 45.9 Å². The molecule has 1 aromatic heterocycles. The lowest BCUT2D eigenvalue weighted by Gasteiger charge is -2.33. The Labute approximate surface area is 245 Å². The van der Waals surface area contributed by atoms with Crippen LogP contribution in [0.1, 0.15) is 45.1 Å². The third-order valence-corrected chi connectivity index (χ3v) is 10.5. The molecule has 1 saturated heterocycles. The number of hydrogen-bond acceptors (Lipinski definition) is 7. The van der Waals surface area contributed by atoms with E-state index in [-0.39, 0.29) is 34.8 Å². The van der Waals surface area contributed by atoms with Crippen molar-refractivity contribution in [3.63, 3.8) is 0 Å². The molecule has 16 heteroatoms. The maximum Gasteiger partial charge on any atom is 0.490 e. The van der Waals surface area contributed by atoms with Gasteiger partial charge in [-0.05, 0) is 65.4 Å². The summed E-state index contributed by atoms with van der Waals surface area (Å²) in [5.74, 6) is -2.49. The average Bonchev–Trinajstić information content (AvgIpc) is 2.86. The predicted molar refractivity (Wildman–Crippen MR) is 150 cm³/mol. The molecule has 2 heterocycles. The van der Waals surface area contributed by atoms with Crippen LogP contribution in [0.5, 0.6) is 0 Å². The Morgan fingerprint density at radius 1 is 1.20 bits per heavy atom. The van der Waals surface area contributed by atoms with E-state index in [0.29, 0.717) is 22.3 Å². The van der Waals surface area contributed by atoms with Crippen molar-refractivity contribution in [2.75, 3.05) is 23.4 Å². The number of pyridine rings is 1. The minimum Gasteiger partial charge on any atom is -0.475 e. The molecule has 9 nitrogen and oxygen atoms in total. The van der Waals surface area contributed by atoms with E-state index < -0.39 is 37.4 Å². The van der Waals surface area contributed by atoms with Crippen molar-refractivity contribution in [3.05, 3.63) is 51.6 Å². The summed E-state index contributed by atoms with van der Waals surface area (Å²) in [5.41, 5.74) is 0.611. The first-order chi connectivity index (χ1) is 18.4. The Morgan fingerprint density at radius 3 is 2.27 bits per heavy atom. The van der Waals surface area contributed by atoms with Gasteiger partial charge in [-0.1, -0.05) is 37.6 Å². The molecular weight excluding hydrogens is 663 g/mol. The molecule has 3 rings (SSSR count). The van der Waals surface area contributed by atoms with Crippen LogP contribution in [0.25, 0.3) is 0 Å². The van der Waals surface area contributed by atoms with E-state index in [4.69, 9.17) is 21.5 Å². The second-order valence-electron chi connectivity index (χ2n) is 9.22. The van der Waals surface area contributed by atoms with Crippen LogP contribution in [-0.2, 0) is 30.1 Å². The number of sulfone groups is 1. The van der Waals surface area contributed by atoms with Gasteiger partial charge in [0.05, 0.1) is 11.5 Å². The number of carboxylic acids is 1. The van der Waals surface area contributed by atoms with Crippen LogP contribution in [0, 0.1) is 0 Å². The number of benzene rings is 1. The van der Waals surface area contributed by atoms with E-state index in [1.165, 1.54) is 12.3 Å². The van der Waals surface area contributed by atoms with Crippen molar-refractivity contribution in [1.82, 2.24) is 9.71 Å². The average molecular weight is 693 g/mol. The van der Waals surface area contributed by atoms with Gasteiger partial charge in [0.15, 0.2) is 9.84 Å². The second kappa shape index (κ2) is 13.8. The first-order valence-corrected chi connectivity index (χ1v) is 16.6. The molecule has 1 aliphatic rings. The van der Waals surface area contributed by atoms with E-state index in [0.717, 1.165) is 18.4 Å². The summed E-state index contributed by atoms with van der Waals surface area (Å²) in [6.07, 6.45) is -0.956. The molecule has 1 unspecified atom stereocenters. The quantitative estimate of drug-likeness (QED) is 0.328. The molecule has 1 fully saturated rings. The molecule has 1 atom stereocenters. The maximum absolute atomic E-state index is 13.4. The highest BCUT2D eigenvalue weighted by atomic mass is 79.9. The normalized spacial score (nSPS) is 17.4. The van der Waals surface area contributed by atoms with Crippen molar-refractivity contribution >= 4 is 59.2 Å². The monoisotopic (exact) mass is 691 g/mol. The van der Waals surface area contributed by atoms with Crippen molar-refractivity contribution in [2.45, 2.75) is 62.1 Å². The number of sulfonamides is 1. The predicted octanol–water partition coefficient (Wildman–Crippen LogP) is 5.16. The molecule has 0 spiro atoms. The number of alkyl halides is 3. The summed E-state index contributed by atoms with van der Waals surface area (Å²) in [6.45, 7) is 4.26. The molecule has 0 bridgehead atoms. The molecular formula is C24H30BrClF3N3O6S2. The summed E-state index contributed by atoms with van der Waals surface area (Å²) < 4.78 is 85.8. The standard InChI is InChI=1S/C22H29BrClN3O4S2.C2HF3O2/c1-3-22(4-2,16-7-9-18(24)10-8-16)15-26-33(30,31)20-12-17(23)13-25-21(20)27-19-6-5-11-32(28,29)14-19;3-2(4,5)1(6)7/h7-10,12-13,19,26H,3-6,11,14-15H2,1-2H3,(H,25,27);(H,6,7). The van der Waals surface area contributed by atoms with Gasteiger partial charge in [0.1, 0.15) is 10.7 Å². The number of nitrogens with zero attached hydrogens (tertiary/aromatic N) is 1. The molecule has 224 valence electrons. The third-order valence-electron chi connectivity index (χ3n) is 6.57. The van der Waals surface area contributed by atoms with Gasteiger partial charge >= 0.3 is 12.1 Å². The van der Waals surface area contributed by atoms with E-state index in [9.17, 15) is 30.0 Å². The zero-order chi connectivity index (χ0) is 30.4. The molecule has 2 aromatic rings. The SMILES string of the molecule is CCC(CC)(CNS(=O)(=O)c1cc(Br)cnc1NC1CCCS(=O)(=O)C1)c1ccc(Cl)cc1.O=C(O)C(F)(F)F. The zero-order valence-corrected chi connectivity index (χ0v) is 25.6. The number of carbonyl (C=O) groups is 1. The Balaban J connectivity index is 0.000000708. The van der Waals surface area contributed by atoms with Crippen molar-refractivity contribution in [1.29, 1.82) is 0 Å². The molecule has 40 heavy (non-hydrogen) atoms. The Bertz CT molecular complexity index is 1390. The van der Waals surface area contributed by atoms with Crippen LogP contribution in [-0.4, -0.2) is 63.2 Å². The van der Waals surface area contributed by atoms with Crippen LogP contribution in [0.4, 0.5) is 19.0 Å². The van der Waals surface area contributed by atoms with E-state index >= 15 is 0 Å². The van der Waals surface area contributed by atoms with E-state index in [2.05, 4.69) is 31.0 Å². The second-order valence-corrected chi connectivity index (χ2v) is 14.5. The molecule has 0 amide bonds. The number of rotatable bonds is 9. The fraction of sp³-hybridized carbons (Fsp3) is 0.500. The van der Waals surface area contributed by atoms with Gasteiger partial charge < -0.3 is 10.4 Å². The van der Waals surface area contributed by atoms with Gasteiger partial charge in [-0.2, -0.15) is 13.2 Å². The smallest absolute Gasteiger partial charge is 0.475 e. The molecule has 0 radical (unpaired) electrons. The van der Waals surface area contributed by atoms with Gasteiger partial charge in [-0.3, -0.25) is 0 Å². The zero-order valence-electron chi connectivity index (χ0n) is 21.6. The van der Waals surface area contributed by atoms with Gasteiger partial charge in [-0.25, -0.2) is 31.3 Å². The highest BCUT2D eigenvalue weighted by molar-refractivity contribution is 9.10. The van der Waals surface area contributed by atoms with Crippen LogP contribution >= 0.6 is 27.5 Å². The van der Waals surface area contributed by atoms with Crippen LogP contribution in [0.2, 0.25) is 5.02 Å². The number of halogens is 5. The highest BCUT2D eigenvalue weighted by Crippen LogP contribution is 2.33. The summed E-state index contributed by atoms with van der Waals surface area (Å²) in [4.78, 5) is 13.1. The Morgan fingerprint density at radius 2 is 1.77 bits per heavy atom. The fourth-order valence-electron chi connectivity index (χ4n) is 4.19. The number of aliphatic carboxylic acids is 1. The molecule has 1 aliphatic heterocycles. The summed E-state index contributed by atoms with van der Waals surface area (Å²) in [7, 11) is -7.10. The van der Waals surface area contributed by atoms with Crippen molar-refractivity contribution in [2.24, 2.45) is 0 Å². The third kappa shape index (κ3) is 9.57. The summed E-state index contributed by atoms with van der Waals surface area (Å²) in [6, 6.07) is 8.58. The molecule has 0 aliphatic carbocycles. The topological polar surface area (TPSA) is 143 Å². The Kier molecular flexibility index (Phi) is 11.8. The number of carboxylic acid groups (broad SMARTS) is 1. The lowest BCUT2D eigenvalue weighted by Crippen LogP contribution is -2.40. The van der Waals surface area contributed by atoms with Gasteiger partial charge in [0.2, 0.25) is 10.0 Å². The first-order valence-electron chi connectivity index (χ1n) is 12.1. The van der Waals surface area contributed by atoms with Crippen molar-refractivity contribution in [3.8, 4) is 0 Å². The Hall–Kier alpha value is -1.94. The van der Waals surface area contributed by atoms with Gasteiger partial charge in [0, 0.05) is 33.7 Å². The van der Waals surface area contributed by atoms with Crippen LogP contribution in [0.3, 0.4) is 0 Å². The lowest BCUT2D eigenvalue weighted by molar-refractivity contribution is -0.192. The van der Waals surface area contributed by atoms with E-state index in [1.54, 1.807) is 0 Å². The van der Waals surface area contributed by atoms with E-state index in [1.807, 2.05) is 38.1 Å². The highest BCUT2D eigenvalue weighted by Gasteiger charge is 2.38. The van der Waals surface area contributed by atoms with Crippen LogP contribution < -0.4 is 10.0 Å². The lowest BCUT2D eigenvalue weighted by atomic mass is 9.76. The largest absolute Gasteiger partial charge is 0.490 e. The van der Waals surface area contributed by atoms with Gasteiger partial charge in [0.25, 0.3) is 0 Å². The minimum atomic E-state index is -5.08. The fourth-order valence-corrected chi connectivity index (χ4v) is 7.70. The summed E-state index contributed by atoms with van der Waals surface area (Å²) >= 11 is 9.34. The number of anilines is 1. The minimum absolute atomic E-state index is 0.0166. The molecule has 0 saturated carbocycles. The number of aromatic nitrogens is 1.